The van der Waals surface area contributed by atoms with E-state index in [9.17, 15) is 9.59 Å². The Morgan fingerprint density at radius 3 is 2.52 bits per heavy atom. The molecule has 1 atom stereocenters. The van der Waals surface area contributed by atoms with Gasteiger partial charge in [0.25, 0.3) is 0 Å². The monoisotopic (exact) mass is 283 g/mol. The lowest BCUT2D eigenvalue weighted by atomic mass is 9.99. The predicted molar refractivity (Wildman–Crippen MR) is 79.8 cm³/mol. The number of carboxylic acids is 1. The highest BCUT2D eigenvalue weighted by Crippen LogP contribution is 2.30. The van der Waals surface area contributed by atoms with Gasteiger partial charge < -0.3 is 10.4 Å². The van der Waals surface area contributed by atoms with Crippen LogP contribution >= 0.6 is 0 Å². The van der Waals surface area contributed by atoms with E-state index >= 15 is 0 Å². The molecule has 108 valence electrons. The average molecular weight is 283 g/mol. The molecule has 1 fully saturated rings. The SMILES string of the molecule is O=C(O)C[C@H](NC(=O)C1CC1)c1ccc2ccccc2c1. The topological polar surface area (TPSA) is 66.4 Å². The lowest BCUT2D eigenvalue weighted by Crippen LogP contribution is -2.31. The molecule has 0 unspecified atom stereocenters. The first kappa shape index (κ1) is 13.6. The summed E-state index contributed by atoms with van der Waals surface area (Å²) in [4.78, 5) is 23.0. The zero-order valence-electron chi connectivity index (χ0n) is 11.6. The van der Waals surface area contributed by atoms with Crippen LogP contribution in [0.4, 0.5) is 0 Å². The minimum atomic E-state index is -0.913. The molecule has 1 saturated carbocycles. The maximum Gasteiger partial charge on any atom is 0.305 e. The van der Waals surface area contributed by atoms with E-state index < -0.39 is 12.0 Å². The van der Waals surface area contributed by atoms with Crippen molar-refractivity contribution in [1.29, 1.82) is 0 Å². The molecule has 1 aliphatic rings. The first-order valence-corrected chi connectivity index (χ1v) is 7.14. The van der Waals surface area contributed by atoms with Gasteiger partial charge in [0.05, 0.1) is 12.5 Å². The highest BCUT2D eigenvalue weighted by atomic mass is 16.4. The van der Waals surface area contributed by atoms with Crippen LogP contribution in [0.25, 0.3) is 10.8 Å². The lowest BCUT2D eigenvalue weighted by Gasteiger charge is -2.18. The Morgan fingerprint density at radius 2 is 1.86 bits per heavy atom. The molecule has 0 aliphatic heterocycles. The molecule has 2 aromatic rings. The molecular weight excluding hydrogens is 266 g/mol. The number of aliphatic carboxylic acids is 1. The van der Waals surface area contributed by atoms with Crippen LogP contribution in [-0.4, -0.2) is 17.0 Å². The van der Waals surface area contributed by atoms with Crippen LogP contribution in [-0.2, 0) is 9.59 Å². The predicted octanol–water partition coefficient (Wildman–Crippen LogP) is 2.88. The Bertz CT molecular complexity index is 691. The first-order chi connectivity index (χ1) is 10.1. The van der Waals surface area contributed by atoms with Crippen molar-refractivity contribution in [3.8, 4) is 0 Å². The summed E-state index contributed by atoms with van der Waals surface area (Å²) in [6.07, 6.45) is 1.71. The first-order valence-electron chi connectivity index (χ1n) is 7.14. The highest BCUT2D eigenvalue weighted by molar-refractivity contribution is 5.84. The zero-order chi connectivity index (χ0) is 14.8. The van der Waals surface area contributed by atoms with Crippen LogP contribution in [0.3, 0.4) is 0 Å². The number of rotatable bonds is 5. The van der Waals surface area contributed by atoms with Gasteiger partial charge in [-0.15, -0.1) is 0 Å². The summed E-state index contributed by atoms with van der Waals surface area (Å²) in [5.74, 6) is -0.875. The number of carbonyl (C=O) groups is 2. The quantitative estimate of drug-likeness (QED) is 0.886. The highest BCUT2D eigenvalue weighted by Gasteiger charge is 2.31. The molecule has 2 aromatic carbocycles. The molecule has 0 aromatic heterocycles. The van der Waals surface area contributed by atoms with E-state index in [0.717, 1.165) is 29.2 Å². The van der Waals surface area contributed by atoms with Crippen LogP contribution in [0.1, 0.15) is 30.9 Å². The van der Waals surface area contributed by atoms with Crippen LogP contribution in [0.15, 0.2) is 42.5 Å². The van der Waals surface area contributed by atoms with E-state index in [1.807, 2.05) is 42.5 Å². The Labute approximate surface area is 122 Å². The summed E-state index contributed by atoms with van der Waals surface area (Å²) in [7, 11) is 0. The van der Waals surface area contributed by atoms with Crippen molar-refractivity contribution in [3.05, 3.63) is 48.0 Å². The smallest absolute Gasteiger partial charge is 0.305 e. The molecule has 0 radical (unpaired) electrons. The van der Waals surface area contributed by atoms with E-state index in [1.54, 1.807) is 0 Å². The number of nitrogens with one attached hydrogen (secondary N) is 1. The third kappa shape index (κ3) is 3.21. The Morgan fingerprint density at radius 1 is 1.14 bits per heavy atom. The van der Waals surface area contributed by atoms with Crippen molar-refractivity contribution in [2.24, 2.45) is 5.92 Å². The maximum atomic E-state index is 11.9. The normalized spacial score (nSPS) is 15.6. The molecule has 21 heavy (non-hydrogen) atoms. The van der Waals surface area contributed by atoms with Crippen molar-refractivity contribution in [2.75, 3.05) is 0 Å². The second-order valence-corrected chi connectivity index (χ2v) is 5.54. The Balaban J connectivity index is 1.88. The zero-order valence-corrected chi connectivity index (χ0v) is 11.6. The molecule has 4 nitrogen and oxygen atoms in total. The van der Waals surface area contributed by atoms with Crippen molar-refractivity contribution in [2.45, 2.75) is 25.3 Å². The van der Waals surface area contributed by atoms with Crippen molar-refractivity contribution in [3.63, 3.8) is 0 Å². The number of fused-ring (bicyclic) bond motifs is 1. The van der Waals surface area contributed by atoms with Gasteiger partial charge in [-0.1, -0.05) is 36.4 Å². The van der Waals surface area contributed by atoms with Crippen LogP contribution in [0, 0.1) is 5.92 Å². The van der Waals surface area contributed by atoms with Gasteiger partial charge in [-0.2, -0.15) is 0 Å². The minimum Gasteiger partial charge on any atom is -0.481 e. The number of carbonyl (C=O) groups excluding carboxylic acids is 1. The maximum absolute atomic E-state index is 11.9. The van der Waals surface area contributed by atoms with E-state index in [0.29, 0.717) is 0 Å². The van der Waals surface area contributed by atoms with Gasteiger partial charge in [0.15, 0.2) is 0 Å². The van der Waals surface area contributed by atoms with Crippen LogP contribution < -0.4 is 5.32 Å². The molecule has 0 bridgehead atoms. The van der Waals surface area contributed by atoms with Gasteiger partial charge in [0.2, 0.25) is 5.91 Å². The third-order valence-corrected chi connectivity index (χ3v) is 3.82. The third-order valence-electron chi connectivity index (χ3n) is 3.82. The second kappa shape index (κ2) is 5.56. The largest absolute Gasteiger partial charge is 0.481 e. The summed E-state index contributed by atoms with van der Waals surface area (Å²) in [6, 6.07) is 13.2. The summed E-state index contributed by atoms with van der Waals surface area (Å²) in [5.41, 5.74) is 0.838. The second-order valence-electron chi connectivity index (χ2n) is 5.54. The number of carboxylic acid groups (broad SMARTS) is 1. The lowest BCUT2D eigenvalue weighted by molar-refractivity contribution is -0.137. The summed E-state index contributed by atoms with van der Waals surface area (Å²) >= 11 is 0. The van der Waals surface area contributed by atoms with Gasteiger partial charge in [0.1, 0.15) is 0 Å². The van der Waals surface area contributed by atoms with Gasteiger partial charge in [-0.3, -0.25) is 9.59 Å². The molecule has 0 saturated heterocycles. The number of hydrogen-bond donors (Lipinski definition) is 2. The van der Waals surface area contributed by atoms with E-state index in [4.69, 9.17) is 5.11 Å². The van der Waals surface area contributed by atoms with E-state index in [1.165, 1.54) is 0 Å². The van der Waals surface area contributed by atoms with Crippen molar-refractivity contribution in [1.82, 2.24) is 5.32 Å². The molecule has 0 spiro atoms. The molecule has 0 heterocycles. The number of benzene rings is 2. The van der Waals surface area contributed by atoms with Gasteiger partial charge >= 0.3 is 5.97 Å². The summed E-state index contributed by atoms with van der Waals surface area (Å²) < 4.78 is 0. The molecular formula is C17H17NO3. The molecule has 1 aliphatic carbocycles. The number of hydrogen-bond acceptors (Lipinski definition) is 2. The van der Waals surface area contributed by atoms with Gasteiger partial charge in [-0.25, -0.2) is 0 Å². The van der Waals surface area contributed by atoms with Crippen molar-refractivity contribution < 1.29 is 14.7 Å². The standard InChI is InChI=1S/C17H17NO3/c19-16(20)10-15(18-17(21)12-6-7-12)14-8-5-11-3-1-2-4-13(11)9-14/h1-5,8-9,12,15H,6-7,10H2,(H,18,21)(H,19,20)/t15-/m0/s1. The van der Waals surface area contributed by atoms with E-state index in [2.05, 4.69) is 5.32 Å². The molecule has 3 rings (SSSR count). The summed E-state index contributed by atoms with van der Waals surface area (Å²) in [6.45, 7) is 0. The van der Waals surface area contributed by atoms with Gasteiger partial charge in [0, 0.05) is 5.92 Å². The fourth-order valence-corrected chi connectivity index (χ4v) is 2.49. The Kier molecular flexibility index (Phi) is 3.60. The summed E-state index contributed by atoms with van der Waals surface area (Å²) in [5, 5.41) is 14.1. The molecule has 1 amide bonds. The van der Waals surface area contributed by atoms with E-state index in [-0.39, 0.29) is 18.2 Å². The Hall–Kier alpha value is -2.36. The molecule has 2 N–H and O–H groups in total. The van der Waals surface area contributed by atoms with Crippen LogP contribution in [0.5, 0.6) is 0 Å². The minimum absolute atomic E-state index is 0.0330. The average Bonchev–Trinajstić information content (AvgIpc) is 3.30. The van der Waals surface area contributed by atoms with Crippen molar-refractivity contribution >= 4 is 22.6 Å². The van der Waals surface area contributed by atoms with Crippen LogP contribution in [0.2, 0.25) is 0 Å². The number of amides is 1. The molecule has 4 heteroatoms. The fourth-order valence-electron chi connectivity index (χ4n) is 2.49. The fraction of sp³-hybridized carbons (Fsp3) is 0.294. The van der Waals surface area contributed by atoms with Gasteiger partial charge in [-0.05, 0) is 35.2 Å².